The third-order valence-electron chi connectivity index (χ3n) is 4.31. The maximum Gasteiger partial charge on any atom is 0.248 e. The second-order valence-electron chi connectivity index (χ2n) is 5.70. The van der Waals surface area contributed by atoms with Gasteiger partial charge in [0, 0.05) is 25.3 Å². The quantitative estimate of drug-likeness (QED) is 0.353. The molecule has 1 unspecified atom stereocenters. The fourth-order valence-electron chi connectivity index (χ4n) is 3.09. The van der Waals surface area contributed by atoms with Gasteiger partial charge in [0.25, 0.3) is 0 Å². The number of halogens is 2. The van der Waals surface area contributed by atoms with Crippen LogP contribution in [0.3, 0.4) is 0 Å². The van der Waals surface area contributed by atoms with Crippen molar-refractivity contribution in [3.8, 4) is 0 Å². The molecule has 0 bridgehead atoms. The summed E-state index contributed by atoms with van der Waals surface area (Å²) in [6, 6.07) is -0.399. The Hall–Kier alpha value is -1.40. The Balaban J connectivity index is 2.03. The van der Waals surface area contributed by atoms with Crippen LogP contribution in [0.15, 0.2) is 5.16 Å². The second kappa shape index (κ2) is 5.93. The highest BCUT2D eigenvalue weighted by atomic mass is 19.3. The van der Waals surface area contributed by atoms with Crippen LogP contribution in [-0.2, 0) is 4.79 Å². The molecule has 1 amide bonds. The largest absolute Gasteiger partial charge is 0.409 e. The van der Waals surface area contributed by atoms with Crippen LogP contribution in [0.2, 0.25) is 0 Å². The molecule has 7 heteroatoms. The fraction of sp³-hybridized carbons (Fsp3) is 0.846. The Morgan fingerprint density at radius 2 is 1.90 bits per heavy atom. The van der Waals surface area contributed by atoms with Gasteiger partial charge >= 0.3 is 0 Å². The summed E-state index contributed by atoms with van der Waals surface area (Å²) in [5.41, 5.74) is 5.63. The van der Waals surface area contributed by atoms with Crippen molar-refractivity contribution in [2.75, 3.05) is 6.54 Å². The molecule has 0 aromatic heterocycles. The molecule has 0 aromatic carbocycles. The minimum atomic E-state index is -2.64. The van der Waals surface area contributed by atoms with E-state index in [0.717, 1.165) is 12.8 Å². The molecule has 1 saturated heterocycles. The molecule has 2 aliphatic rings. The summed E-state index contributed by atoms with van der Waals surface area (Å²) in [7, 11) is 0. The molecule has 2 rings (SSSR count). The summed E-state index contributed by atoms with van der Waals surface area (Å²) in [6.45, 7) is 0.548. The standard InChI is InChI=1S/C13H21F2N3O2/c14-13(15)6-4-9(5-7-13)12(19)18-8-2-1-3-10(18)11(16)17-20/h9-10,20H,1-8H2,(H2,16,17). The number of likely N-dealkylation sites (tertiary alicyclic amines) is 1. The van der Waals surface area contributed by atoms with Crippen molar-refractivity contribution in [2.45, 2.75) is 56.9 Å². The Morgan fingerprint density at radius 3 is 2.50 bits per heavy atom. The first-order valence-corrected chi connectivity index (χ1v) is 7.10. The number of rotatable bonds is 2. The lowest BCUT2D eigenvalue weighted by molar-refractivity contribution is -0.141. The Morgan fingerprint density at radius 1 is 1.25 bits per heavy atom. The molecule has 2 fully saturated rings. The van der Waals surface area contributed by atoms with Gasteiger partial charge in [-0.2, -0.15) is 0 Å². The number of nitrogens with zero attached hydrogens (tertiary/aromatic N) is 2. The van der Waals surface area contributed by atoms with Crippen LogP contribution in [0.25, 0.3) is 0 Å². The van der Waals surface area contributed by atoms with E-state index in [9.17, 15) is 13.6 Å². The number of carbonyl (C=O) groups is 1. The number of oxime groups is 1. The van der Waals surface area contributed by atoms with Crippen molar-refractivity contribution in [3.63, 3.8) is 0 Å². The van der Waals surface area contributed by atoms with Gasteiger partial charge in [-0.25, -0.2) is 8.78 Å². The van der Waals surface area contributed by atoms with Crippen LogP contribution < -0.4 is 5.73 Å². The molecule has 20 heavy (non-hydrogen) atoms. The molecule has 3 N–H and O–H groups in total. The van der Waals surface area contributed by atoms with Gasteiger partial charge in [0.1, 0.15) is 0 Å². The van der Waals surface area contributed by atoms with Crippen LogP contribution >= 0.6 is 0 Å². The highest BCUT2D eigenvalue weighted by Gasteiger charge is 2.40. The first-order chi connectivity index (χ1) is 9.44. The number of alkyl halides is 2. The van der Waals surface area contributed by atoms with Gasteiger partial charge < -0.3 is 15.8 Å². The average Bonchev–Trinajstić information content (AvgIpc) is 2.45. The van der Waals surface area contributed by atoms with E-state index in [1.54, 1.807) is 4.90 Å². The number of hydrogen-bond donors (Lipinski definition) is 2. The van der Waals surface area contributed by atoms with E-state index >= 15 is 0 Å². The maximum absolute atomic E-state index is 13.1. The van der Waals surface area contributed by atoms with E-state index < -0.39 is 12.0 Å². The normalized spacial score (nSPS) is 28.4. The summed E-state index contributed by atoms with van der Waals surface area (Å²) < 4.78 is 26.3. The number of amides is 1. The summed E-state index contributed by atoms with van der Waals surface area (Å²) in [4.78, 5) is 14.1. The highest BCUT2D eigenvalue weighted by Crippen LogP contribution is 2.37. The average molecular weight is 289 g/mol. The van der Waals surface area contributed by atoms with Gasteiger partial charge in [-0.05, 0) is 32.1 Å². The number of amidine groups is 1. The van der Waals surface area contributed by atoms with Crippen molar-refractivity contribution in [1.29, 1.82) is 0 Å². The Kier molecular flexibility index (Phi) is 4.45. The van der Waals surface area contributed by atoms with E-state index in [-0.39, 0.29) is 43.3 Å². The van der Waals surface area contributed by atoms with Gasteiger partial charge in [0.15, 0.2) is 5.84 Å². The van der Waals surface area contributed by atoms with Gasteiger partial charge in [-0.1, -0.05) is 5.16 Å². The molecule has 1 saturated carbocycles. The Labute approximate surface area is 116 Å². The smallest absolute Gasteiger partial charge is 0.248 e. The summed E-state index contributed by atoms with van der Waals surface area (Å²) in [5, 5.41) is 11.8. The lowest BCUT2D eigenvalue weighted by Gasteiger charge is -2.38. The topological polar surface area (TPSA) is 78.9 Å². The van der Waals surface area contributed by atoms with Crippen LogP contribution in [0.4, 0.5) is 8.78 Å². The van der Waals surface area contributed by atoms with E-state index in [0.29, 0.717) is 13.0 Å². The van der Waals surface area contributed by atoms with E-state index in [4.69, 9.17) is 10.9 Å². The van der Waals surface area contributed by atoms with Crippen molar-refractivity contribution >= 4 is 11.7 Å². The molecule has 5 nitrogen and oxygen atoms in total. The predicted octanol–water partition coefficient (Wildman–Crippen LogP) is 1.94. The second-order valence-corrected chi connectivity index (χ2v) is 5.70. The zero-order chi connectivity index (χ0) is 14.8. The van der Waals surface area contributed by atoms with Crippen LogP contribution in [0, 0.1) is 5.92 Å². The summed E-state index contributed by atoms with van der Waals surface area (Å²) >= 11 is 0. The number of nitrogens with two attached hydrogens (primary N) is 1. The third-order valence-corrected chi connectivity index (χ3v) is 4.31. The Bertz CT molecular complexity index is 391. The van der Waals surface area contributed by atoms with Crippen molar-refractivity contribution in [3.05, 3.63) is 0 Å². The molecule has 0 aromatic rings. The summed E-state index contributed by atoms with van der Waals surface area (Å²) in [6.07, 6.45) is 2.40. The molecule has 0 spiro atoms. The minimum Gasteiger partial charge on any atom is -0.409 e. The molecule has 0 radical (unpaired) electrons. The molecular weight excluding hydrogens is 268 g/mol. The zero-order valence-corrected chi connectivity index (χ0v) is 11.4. The minimum absolute atomic E-state index is 0.0270. The van der Waals surface area contributed by atoms with E-state index in [2.05, 4.69) is 5.16 Å². The first-order valence-electron chi connectivity index (χ1n) is 7.10. The van der Waals surface area contributed by atoms with Gasteiger partial charge in [0.05, 0.1) is 6.04 Å². The molecule has 1 atom stereocenters. The summed E-state index contributed by atoms with van der Waals surface area (Å²) in [5.74, 6) is -3.10. The van der Waals surface area contributed by atoms with Crippen LogP contribution in [0.5, 0.6) is 0 Å². The van der Waals surface area contributed by atoms with E-state index in [1.807, 2.05) is 0 Å². The van der Waals surface area contributed by atoms with Crippen molar-refractivity contribution in [2.24, 2.45) is 16.8 Å². The van der Waals surface area contributed by atoms with Crippen molar-refractivity contribution < 1.29 is 18.8 Å². The molecule has 1 heterocycles. The number of piperidine rings is 1. The van der Waals surface area contributed by atoms with Crippen LogP contribution in [-0.4, -0.2) is 40.4 Å². The molecule has 1 aliphatic carbocycles. The SMILES string of the molecule is NC(=NO)C1CCCCN1C(=O)C1CCC(F)(F)CC1. The van der Waals surface area contributed by atoms with Gasteiger partial charge in [-0.3, -0.25) is 4.79 Å². The lowest BCUT2D eigenvalue weighted by Crippen LogP contribution is -2.52. The number of carbonyl (C=O) groups excluding carboxylic acids is 1. The predicted molar refractivity (Wildman–Crippen MR) is 69.7 cm³/mol. The van der Waals surface area contributed by atoms with E-state index in [1.165, 1.54) is 0 Å². The first kappa shape index (κ1) is 15.0. The molecular formula is C13H21F2N3O2. The highest BCUT2D eigenvalue weighted by molar-refractivity contribution is 5.90. The third kappa shape index (κ3) is 3.19. The molecule has 114 valence electrons. The van der Waals surface area contributed by atoms with Gasteiger partial charge in [-0.15, -0.1) is 0 Å². The fourth-order valence-corrected chi connectivity index (χ4v) is 3.09. The maximum atomic E-state index is 13.1. The monoisotopic (exact) mass is 289 g/mol. The number of hydrogen-bond acceptors (Lipinski definition) is 3. The lowest BCUT2D eigenvalue weighted by atomic mass is 9.85. The van der Waals surface area contributed by atoms with Gasteiger partial charge in [0.2, 0.25) is 11.8 Å². The van der Waals surface area contributed by atoms with Crippen LogP contribution in [0.1, 0.15) is 44.9 Å². The zero-order valence-electron chi connectivity index (χ0n) is 11.4. The van der Waals surface area contributed by atoms with Crippen molar-refractivity contribution in [1.82, 2.24) is 4.90 Å². The molecule has 1 aliphatic heterocycles.